The fraction of sp³-hybridized carbons (Fsp3) is 0.524. The van der Waals surface area contributed by atoms with Crippen LogP contribution in [0.4, 0.5) is 17.5 Å². The third-order valence-electron chi connectivity index (χ3n) is 5.99. The maximum atomic E-state index is 11.8. The molecule has 4 atom stereocenters. The minimum atomic E-state index is -0.727. The van der Waals surface area contributed by atoms with Gasteiger partial charge < -0.3 is 21.3 Å². The summed E-state index contributed by atoms with van der Waals surface area (Å²) in [6, 6.07) is -1.18. The van der Waals surface area contributed by atoms with Crippen molar-refractivity contribution in [2.45, 2.75) is 31.8 Å². The highest BCUT2D eigenvalue weighted by Crippen LogP contribution is 2.40. The van der Waals surface area contributed by atoms with Gasteiger partial charge in [-0.15, -0.1) is 0 Å². The van der Waals surface area contributed by atoms with Crippen molar-refractivity contribution < 1.29 is 4.92 Å². The first-order chi connectivity index (χ1) is 15.5. The van der Waals surface area contributed by atoms with Crippen LogP contribution in [0.3, 0.4) is 0 Å². The van der Waals surface area contributed by atoms with Crippen LogP contribution in [0.1, 0.15) is 25.5 Å². The number of aliphatic imine (C=N–C) groups is 2. The summed E-state index contributed by atoms with van der Waals surface area (Å²) in [7, 11) is 3.48. The molecule has 4 rings (SSSR count). The van der Waals surface area contributed by atoms with Gasteiger partial charge in [0.2, 0.25) is 12.0 Å². The molecule has 0 amide bonds. The van der Waals surface area contributed by atoms with Crippen LogP contribution in [-0.4, -0.2) is 65.8 Å². The molecule has 3 aliphatic rings. The number of hydrogen-bond acceptors (Lipinski definition) is 8. The Bertz CT molecular complexity index is 1000. The Morgan fingerprint density at radius 1 is 1.31 bits per heavy atom. The second-order valence-electron chi connectivity index (χ2n) is 8.01. The number of nitrogens with one attached hydrogen (secondary N) is 4. The molecule has 4 N–H and O–H groups in total. The molecule has 1 aliphatic heterocycles. The van der Waals surface area contributed by atoms with E-state index in [0.717, 1.165) is 13.0 Å². The Morgan fingerprint density at radius 2 is 2.12 bits per heavy atom. The Morgan fingerprint density at radius 3 is 2.84 bits per heavy atom. The van der Waals surface area contributed by atoms with E-state index in [2.05, 4.69) is 49.2 Å². The summed E-state index contributed by atoms with van der Waals surface area (Å²) in [5.74, 6) is 2.44. The van der Waals surface area contributed by atoms with Crippen LogP contribution >= 0.6 is 0 Å². The van der Waals surface area contributed by atoms with Gasteiger partial charge in [0.05, 0.1) is 6.54 Å². The molecule has 11 heteroatoms. The van der Waals surface area contributed by atoms with Crippen molar-refractivity contribution in [2.75, 3.05) is 43.1 Å². The number of aromatic nitrogens is 2. The molecule has 2 unspecified atom stereocenters. The summed E-state index contributed by atoms with van der Waals surface area (Å²) >= 11 is 0. The van der Waals surface area contributed by atoms with E-state index >= 15 is 0 Å². The molecule has 2 aliphatic carbocycles. The lowest BCUT2D eigenvalue weighted by atomic mass is 9.90. The average Bonchev–Trinajstić information content (AvgIpc) is 3.07. The molecule has 0 bridgehead atoms. The molecule has 0 saturated heterocycles. The molecule has 0 aromatic carbocycles. The van der Waals surface area contributed by atoms with E-state index in [0.29, 0.717) is 47.8 Å². The molecule has 170 valence electrons. The molecular weight excluding hydrogens is 410 g/mol. The van der Waals surface area contributed by atoms with Crippen LogP contribution in [-0.2, 0) is 0 Å². The number of anilines is 3. The van der Waals surface area contributed by atoms with Gasteiger partial charge in [0, 0.05) is 37.9 Å². The first kappa shape index (κ1) is 21.7. The predicted octanol–water partition coefficient (Wildman–Crippen LogP) is 1.91. The maximum absolute atomic E-state index is 11.8. The van der Waals surface area contributed by atoms with Crippen LogP contribution in [0.25, 0.3) is 0 Å². The number of amidine groups is 2. The summed E-state index contributed by atoms with van der Waals surface area (Å²) in [5.41, 5.74) is 1.26. The molecule has 2 heterocycles. The number of nitrogens with zero attached hydrogens (tertiary/aromatic N) is 5. The zero-order valence-corrected chi connectivity index (χ0v) is 18.5. The van der Waals surface area contributed by atoms with Gasteiger partial charge in [-0.3, -0.25) is 20.1 Å². The molecule has 11 nitrogen and oxygen atoms in total. The lowest BCUT2D eigenvalue weighted by Crippen LogP contribution is -2.35. The van der Waals surface area contributed by atoms with E-state index in [9.17, 15) is 10.1 Å². The third kappa shape index (κ3) is 4.14. The van der Waals surface area contributed by atoms with Crippen LogP contribution in [0.2, 0.25) is 0 Å². The summed E-state index contributed by atoms with van der Waals surface area (Å²) < 4.78 is 0. The highest BCUT2D eigenvalue weighted by molar-refractivity contribution is 6.13. The molecule has 32 heavy (non-hydrogen) atoms. The van der Waals surface area contributed by atoms with Gasteiger partial charge in [-0.2, -0.15) is 4.98 Å². The van der Waals surface area contributed by atoms with Gasteiger partial charge in [-0.1, -0.05) is 31.2 Å². The Kier molecular flexibility index (Phi) is 6.33. The molecule has 0 spiro atoms. The predicted molar refractivity (Wildman–Crippen MR) is 126 cm³/mol. The van der Waals surface area contributed by atoms with Crippen molar-refractivity contribution in [3.05, 3.63) is 40.1 Å². The molecule has 1 aromatic heterocycles. The van der Waals surface area contributed by atoms with E-state index in [4.69, 9.17) is 4.99 Å². The second kappa shape index (κ2) is 9.33. The minimum absolute atomic E-state index is 0.00683. The smallest absolute Gasteiger partial charge is 0.236 e. The number of fused-ring (bicyclic) bond motifs is 2. The molecular formula is C21H29N9O2. The summed E-state index contributed by atoms with van der Waals surface area (Å²) in [6.07, 6.45) is 9.43. The molecule has 1 aromatic rings. The van der Waals surface area contributed by atoms with Crippen molar-refractivity contribution in [2.24, 2.45) is 21.8 Å². The normalized spacial score (nSPS) is 28.5. The zero-order chi connectivity index (χ0) is 22.7. The maximum Gasteiger partial charge on any atom is 0.236 e. The Labute approximate surface area is 186 Å². The van der Waals surface area contributed by atoms with Crippen molar-refractivity contribution in [1.82, 2.24) is 15.3 Å². The van der Waals surface area contributed by atoms with E-state index in [1.54, 1.807) is 14.1 Å². The summed E-state index contributed by atoms with van der Waals surface area (Å²) in [6.45, 7) is 3.17. The zero-order valence-electron chi connectivity index (χ0n) is 18.5. The number of nitro groups is 1. The highest BCUT2D eigenvalue weighted by atomic mass is 16.6. The van der Waals surface area contributed by atoms with Gasteiger partial charge in [-0.25, -0.2) is 4.98 Å². The quantitative estimate of drug-likeness (QED) is 0.389. The van der Waals surface area contributed by atoms with E-state index in [-0.39, 0.29) is 16.8 Å². The van der Waals surface area contributed by atoms with Gasteiger partial charge in [0.15, 0.2) is 5.82 Å². The lowest BCUT2D eigenvalue weighted by molar-refractivity contribution is -0.523. The largest absolute Gasteiger partial charge is 0.371 e. The first-order valence-electron chi connectivity index (χ1n) is 10.9. The van der Waals surface area contributed by atoms with Gasteiger partial charge in [0.1, 0.15) is 29.1 Å². The Balaban J connectivity index is 1.71. The molecule has 1 fully saturated rings. The van der Waals surface area contributed by atoms with Crippen molar-refractivity contribution in [3.63, 3.8) is 0 Å². The fourth-order valence-electron chi connectivity index (χ4n) is 4.46. The van der Waals surface area contributed by atoms with Crippen LogP contribution in [0, 0.1) is 22.0 Å². The van der Waals surface area contributed by atoms with Crippen LogP contribution < -0.4 is 21.3 Å². The number of rotatable bonds is 6. The van der Waals surface area contributed by atoms with E-state index in [1.807, 2.05) is 18.2 Å². The monoisotopic (exact) mass is 439 g/mol. The van der Waals surface area contributed by atoms with E-state index < -0.39 is 12.1 Å². The highest BCUT2D eigenvalue weighted by Gasteiger charge is 2.48. The van der Waals surface area contributed by atoms with Crippen molar-refractivity contribution in [3.8, 4) is 0 Å². The van der Waals surface area contributed by atoms with Crippen molar-refractivity contribution in [1.29, 1.82) is 0 Å². The molecule has 1 saturated carbocycles. The van der Waals surface area contributed by atoms with Crippen LogP contribution in [0.15, 0.2) is 34.3 Å². The molecule has 0 radical (unpaired) electrons. The Hall–Kier alpha value is -3.50. The summed E-state index contributed by atoms with van der Waals surface area (Å²) in [4.78, 5) is 30.0. The third-order valence-corrected chi connectivity index (χ3v) is 5.99. The van der Waals surface area contributed by atoms with E-state index in [1.165, 1.54) is 0 Å². The van der Waals surface area contributed by atoms with Gasteiger partial charge in [-0.05, 0) is 12.3 Å². The first-order valence-corrected chi connectivity index (χ1v) is 10.9. The van der Waals surface area contributed by atoms with Crippen molar-refractivity contribution >= 4 is 29.1 Å². The topological polar surface area (TPSA) is 142 Å². The second-order valence-corrected chi connectivity index (χ2v) is 8.01. The average molecular weight is 440 g/mol. The fourth-order valence-corrected chi connectivity index (χ4v) is 4.46. The minimum Gasteiger partial charge on any atom is -0.371 e. The number of hydrogen-bond donors (Lipinski definition) is 4. The SMILES string of the molecule is CCCNc1nc(NC)c2c(n1)C(=NC)NCC(=N[C@@H]1C3C=CC=CC3C[C@H]1[N+](=O)[O-])N2. The summed E-state index contributed by atoms with van der Waals surface area (Å²) in [5, 5.41) is 24.7. The van der Waals surface area contributed by atoms with Crippen LogP contribution in [0.5, 0.6) is 0 Å². The lowest BCUT2D eigenvalue weighted by Gasteiger charge is -2.20. The van der Waals surface area contributed by atoms with Gasteiger partial charge in [0.25, 0.3) is 0 Å². The number of allylic oxidation sites excluding steroid dienone is 3. The standard InChI is InChI=1S/C21H29N9O2/c1-4-9-24-21-28-17-18(20(23-3)29-21)27-15(11-25-19(17)22-2)26-16-13-8-6-5-7-12(13)10-14(16)30(31)32/h5-8,12-14,16H,4,9-11H2,1-3H3,(H,22,25)(H,26,27)(H2,23,24,28,29)/t12?,13?,14-,16-/m1/s1. The van der Waals surface area contributed by atoms with Gasteiger partial charge >= 0.3 is 0 Å².